The number of likely N-dealkylation sites (tertiary alicyclic amines) is 1. The number of aromatic nitrogens is 1. The summed E-state index contributed by atoms with van der Waals surface area (Å²) in [6, 6.07) is 6.00. The molecule has 1 aliphatic rings. The number of carbonyl (C=O) groups excluding carboxylic acids is 3. The summed E-state index contributed by atoms with van der Waals surface area (Å²) in [4.78, 5) is 46.5. The van der Waals surface area contributed by atoms with Gasteiger partial charge in [-0.2, -0.15) is 0 Å². The van der Waals surface area contributed by atoms with Crippen LogP contribution in [0.15, 0.2) is 29.8 Å². The highest BCUT2D eigenvalue weighted by Crippen LogP contribution is 2.29. The molecule has 1 aromatic carbocycles. The Labute approximate surface area is 235 Å². The zero-order valence-electron chi connectivity index (χ0n) is 23.5. The van der Waals surface area contributed by atoms with Crippen LogP contribution in [0.2, 0.25) is 0 Å². The molecule has 0 spiro atoms. The van der Waals surface area contributed by atoms with Gasteiger partial charge in [-0.15, -0.1) is 23.7 Å². The molecule has 4 unspecified atom stereocenters. The van der Waals surface area contributed by atoms with Crippen LogP contribution in [0, 0.1) is 24.7 Å². The minimum Gasteiger partial charge on any atom is -0.391 e. The molecule has 3 amide bonds. The zero-order chi connectivity index (χ0) is 28.7. The van der Waals surface area contributed by atoms with Gasteiger partial charge in [0.25, 0.3) is 0 Å². The van der Waals surface area contributed by atoms with Crippen LogP contribution in [0.1, 0.15) is 77.1 Å². The molecule has 9 heteroatoms. The fourth-order valence-electron chi connectivity index (χ4n) is 4.76. The fraction of sp³-hybridized carbons (Fsp3) is 0.533. The van der Waals surface area contributed by atoms with Gasteiger partial charge in [0, 0.05) is 25.8 Å². The molecule has 3 rings (SSSR count). The molecule has 4 atom stereocenters. The molecule has 0 saturated carbocycles. The number of unbranched alkanes of at least 4 members (excludes halogenated alkanes) is 2. The van der Waals surface area contributed by atoms with E-state index in [2.05, 4.69) is 21.5 Å². The first-order valence-electron chi connectivity index (χ1n) is 13.4. The number of hydrogen-bond acceptors (Lipinski definition) is 6. The van der Waals surface area contributed by atoms with E-state index < -0.39 is 23.6 Å². The topological polar surface area (TPSA) is 112 Å². The van der Waals surface area contributed by atoms with Gasteiger partial charge in [0.1, 0.15) is 12.1 Å². The minimum atomic E-state index is -0.835. The van der Waals surface area contributed by atoms with E-state index in [0.29, 0.717) is 12.8 Å². The Balaban J connectivity index is 1.68. The lowest BCUT2D eigenvalue weighted by Gasteiger charge is -2.35. The van der Waals surface area contributed by atoms with E-state index in [0.717, 1.165) is 28.1 Å². The minimum absolute atomic E-state index is 0.0405. The van der Waals surface area contributed by atoms with Gasteiger partial charge in [-0.1, -0.05) is 45.0 Å². The zero-order valence-corrected chi connectivity index (χ0v) is 24.3. The lowest BCUT2D eigenvalue weighted by molar-refractivity contribution is -0.144. The maximum atomic E-state index is 13.7. The van der Waals surface area contributed by atoms with Gasteiger partial charge in [0.2, 0.25) is 17.7 Å². The molecule has 0 aliphatic carbocycles. The van der Waals surface area contributed by atoms with Gasteiger partial charge in [-0.25, -0.2) is 4.98 Å². The van der Waals surface area contributed by atoms with E-state index in [4.69, 9.17) is 6.42 Å². The van der Waals surface area contributed by atoms with Crippen molar-refractivity contribution in [3.63, 3.8) is 0 Å². The molecule has 0 radical (unpaired) electrons. The standard InChI is InChI=1S/C30H40N4O4S/c1-7-8-9-10-11-25(36)33-27(30(4,5)6)29(38)34-17-23(35)16-24(34)28(37)32-19(2)21-12-14-22(15-13-21)26-20(3)31-18-39-26/h1,12-15,18-19,23-24,27,35H,8-11,16-17H2,2-6H3,(H,32,37)(H,33,36). The number of amides is 3. The van der Waals surface area contributed by atoms with E-state index in [9.17, 15) is 19.5 Å². The Hall–Kier alpha value is -3.22. The van der Waals surface area contributed by atoms with Crippen molar-refractivity contribution in [3.8, 4) is 22.8 Å². The molecule has 1 saturated heterocycles. The average molecular weight is 553 g/mol. The van der Waals surface area contributed by atoms with Crippen LogP contribution in [-0.4, -0.2) is 57.4 Å². The van der Waals surface area contributed by atoms with Gasteiger partial charge in [-0.3, -0.25) is 14.4 Å². The second-order valence-corrected chi connectivity index (χ2v) is 12.1. The van der Waals surface area contributed by atoms with Crippen LogP contribution in [0.3, 0.4) is 0 Å². The number of benzene rings is 1. The molecule has 2 aromatic rings. The number of aliphatic hydroxyl groups is 1. The first kappa shape index (κ1) is 30.3. The summed E-state index contributed by atoms with van der Waals surface area (Å²) in [5.41, 5.74) is 4.20. The van der Waals surface area contributed by atoms with Crippen molar-refractivity contribution in [2.75, 3.05) is 6.54 Å². The highest BCUT2D eigenvalue weighted by atomic mass is 32.1. The van der Waals surface area contributed by atoms with E-state index in [1.54, 1.807) is 11.3 Å². The van der Waals surface area contributed by atoms with Crippen LogP contribution in [0.25, 0.3) is 10.4 Å². The monoisotopic (exact) mass is 552 g/mol. The molecule has 1 fully saturated rings. The second-order valence-electron chi connectivity index (χ2n) is 11.3. The van der Waals surface area contributed by atoms with Gasteiger partial charge in [-0.05, 0) is 43.2 Å². The molecule has 1 aromatic heterocycles. The molecule has 1 aliphatic heterocycles. The molecule has 2 heterocycles. The predicted molar refractivity (Wildman–Crippen MR) is 154 cm³/mol. The summed E-state index contributed by atoms with van der Waals surface area (Å²) < 4.78 is 0. The number of thiazole rings is 1. The van der Waals surface area contributed by atoms with E-state index in [-0.39, 0.29) is 43.1 Å². The Kier molecular flexibility index (Phi) is 10.3. The van der Waals surface area contributed by atoms with Crippen molar-refractivity contribution in [2.45, 2.75) is 91.0 Å². The maximum Gasteiger partial charge on any atom is 0.246 e. The quantitative estimate of drug-likeness (QED) is 0.305. The van der Waals surface area contributed by atoms with Crippen molar-refractivity contribution in [2.24, 2.45) is 5.41 Å². The molecule has 0 bridgehead atoms. The second kappa shape index (κ2) is 13.2. The lowest BCUT2D eigenvalue weighted by Crippen LogP contribution is -2.57. The van der Waals surface area contributed by atoms with Crippen molar-refractivity contribution in [1.29, 1.82) is 0 Å². The predicted octanol–water partition coefficient (Wildman–Crippen LogP) is 3.98. The van der Waals surface area contributed by atoms with E-state index in [1.165, 1.54) is 4.90 Å². The summed E-state index contributed by atoms with van der Waals surface area (Å²) in [5, 5.41) is 16.3. The lowest BCUT2D eigenvalue weighted by atomic mass is 9.85. The third-order valence-corrected chi connectivity index (χ3v) is 8.01. The van der Waals surface area contributed by atoms with Gasteiger partial charge in [0.15, 0.2) is 0 Å². The highest BCUT2D eigenvalue weighted by Gasteiger charge is 2.44. The largest absolute Gasteiger partial charge is 0.391 e. The summed E-state index contributed by atoms with van der Waals surface area (Å²) in [5.74, 6) is 1.63. The number of β-amino-alcohol motifs (C(OH)–C–C–N with tert-alkyl or cyclic N) is 1. The SMILES string of the molecule is C#CCCCCC(=O)NC(C(=O)N1CC(O)CC1C(=O)NC(C)c1ccc(-c2scnc2C)cc1)C(C)(C)C. The molecule has 210 valence electrons. The van der Waals surface area contributed by atoms with E-state index in [1.807, 2.05) is 64.4 Å². The molecule has 3 N–H and O–H groups in total. The number of aliphatic hydroxyl groups excluding tert-OH is 1. The summed E-state index contributed by atoms with van der Waals surface area (Å²) in [7, 11) is 0. The van der Waals surface area contributed by atoms with Crippen LogP contribution in [0.4, 0.5) is 0 Å². The summed E-state index contributed by atoms with van der Waals surface area (Å²) in [6.45, 7) is 9.52. The Morgan fingerprint density at radius 2 is 1.90 bits per heavy atom. The molecule has 39 heavy (non-hydrogen) atoms. The van der Waals surface area contributed by atoms with Crippen LogP contribution in [-0.2, 0) is 14.4 Å². The number of hydrogen-bond donors (Lipinski definition) is 3. The Morgan fingerprint density at radius 3 is 2.49 bits per heavy atom. The highest BCUT2D eigenvalue weighted by molar-refractivity contribution is 7.13. The van der Waals surface area contributed by atoms with Crippen LogP contribution < -0.4 is 10.6 Å². The van der Waals surface area contributed by atoms with Crippen LogP contribution >= 0.6 is 11.3 Å². The number of nitrogens with one attached hydrogen (secondary N) is 2. The normalized spacial score (nSPS) is 18.7. The maximum absolute atomic E-state index is 13.7. The Morgan fingerprint density at radius 1 is 1.21 bits per heavy atom. The molecular weight excluding hydrogens is 512 g/mol. The first-order chi connectivity index (χ1) is 18.4. The number of rotatable bonds is 10. The number of carbonyl (C=O) groups is 3. The molecular formula is C30H40N4O4S. The number of nitrogens with zero attached hydrogens (tertiary/aromatic N) is 2. The first-order valence-corrected chi connectivity index (χ1v) is 14.3. The van der Waals surface area contributed by atoms with Gasteiger partial charge >= 0.3 is 0 Å². The third-order valence-electron chi connectivity index (χ3n) is 7.04. The van der Waals surface area contributed by atoms with Gasteiger partial charge < -0.3 is 20.6 Å². The van der Waals surface area contributed by atoms with Crippen molar-refractivity contribution >= 4 is 29.1 Å². The summed E-state index contributed by atoms with van der Waals surface area (Å²) >= 11 is 1.59. The Bertz CT molecular complexity index is 1190. The molecule has 8 nitrogen and oxygen atoms in total. The van der Waals surface area contributed by atoms with E-state index >= 15 is 0 Å². The fourth-order valence-corrected chi connectivity index (χ4v) is 5.57. The number of terminal acetylenes is 1. The summed E-state index contributed by atoms with van der Waals surface area (Å²) in [6.07, 6.45) is 6.85. The van der Waals surface area contributed by atoms with Crippen molar-refractivity contribution in [3.05, 3.63) is 41.0 Å². The van der Waals surface area contributed by atoms with Gasteiger partial charge in [0.05, 0.1) is 28.2 Å². The smallest absolute Gasteiger partial charge is 0.246 e. The van der Waals surface area contributed by atoms with Crippen LogP contribution in [0.5, 0.6) is 0 Å². The van der Waals surface area contributed by atoms with Crippen molar-refractivity contribution < 1.29 is 19.5 Å². The number of aryl methyl sites for hydroxylation is 1. The average Bonchev–Trinajstić information content (AvgIpc) is 3.49. The third kappa shape index (κ3) is 7.90. The van der Waals surface area contributed by atoms with Crippen molar-refractivity contribution in [1.82, 2.24) is 20.5 Å².